The summed E-state index contributed by atoms with van der Waals surface area (Å²) >= 11 is 0. The molecule has 0 spiro atoms. The molecule has 0 aromatic rings. The lowest BCUT2D eigenvalue weighted by Crippen LogP contribution is -2.30. The van der Waals surface area contributed by atoms with Crippen molar-refractivity contribution in [2.24, 2.45) is 11.3 Å². The van der Waals surface area contributed by atoms with Gasteiger partial charge in [0.2, 0.25) is 0 Å². The van der Waals surface area contributed by atoms with E-state index in [0.717, 1.165) is 19.0 Å². The Morgan fingerprint density at radius 3 is 2.31 bits per heavy atom. The summed E-state index contributed by atoms with van der Waals surface area (Å²) in [5.41, 5.74) is -0.605. The van der Waals surface area contributed by atoms with Crippen LogP contribution in [0.15, 0.2) is 0 Å². The number of aliphatic carboxylic acids is 1. The van der Waals surface area contributed by atoms with Gasteiger partial charge in [0.05, 0.1) is 5.41 Å². The van der Waals surface area contributed by atoms with Gasteiger partial charge in [-0.3, -0.25) is 4.79 Å². The van der Waals surface area contributed by atoms with Crippen molar-refractivity contribution in [1.29, 1.82) is 0 Å². The fourth-order valence-electron chi connectivity index (χ4n) is 1.46. The van der Waals surface area contributed by atoms with Crippen molar-refractivity contribution >= 4 is 5.97 Å². The number of hydrogen-bond donors (Lipinski definition) is 1. The summed E-state index contributed by atoms with van der Waals surface area (Å²) < 4.78 is 0. The van der Waals surface area contributed by atoms with Crippen LogP contribution in [0.1, 0.15) is 47.0 Å². The average molecular weight is 229 g/mol. The zero-order chi connectivity index (χ0) is 12.8. The lowest BCUT2D eigenvalue weighted by atomic mass is 9.89. The van der Waals surface area contributed by atoms with Gasteiger partial charge in [-0.15, -0.1) is 0 Å². The molecule has 0 heterocycles. The summed E-state index contributed by atoms with van der Waals surface area (Å²) in [5.74, 6) is 0.0481. The number of carboxylic acid groups (broad SMARTS) is 1. The maximum absolute atomic E-state index is 10.9. The Hall–Kier alpha value is -0.570. The van der Waals surface area contributed by atoms with Gasteiger partial charge < -0.3 is 10.0 Å². The van der Waals surface area contributed by atoms with Crippen molar-refractivity contribution in [2.75, 3.05) is 20.1 Å². The van der Waals surface area contributed by atoms with Crippen LogP contribution in [-0.2, 0) is 4.79 Å². The molecular formula is C13H27NO2. The van der Waals surface area contributed by atoms with E-state index in [1.807, 2.05) is 0 Å². The van der Waals surface area contributed by atoms with Crippen LogP contribution in [0.2, 0.25) is 0 Å². The monoisotopic (exact) mass is 229 g/mol. The van der Waals surface area contributed by atoms with Crippen LogP contribution in [0.3, 0.4) is 0 Å². The number of rotatable bonds is 8. The van der Waals surface area contributed by atoms with Crippen molar-refractivity contribution in [2.45, 2.75) is 47.0 Å². The minimum absolute atomic E-state index is 0.605. The van der Waals surface area contributed by atoms with E-state index in [2.05, 4.69) is 25.8 Å². The highest BCUT2D eigenvalue weighted by Crippen LogP contribution is 2.20. The molecule has 0 aliphatic heterocycles. The molecule has 0 saturated heterocycles. The Kier molecular flexibility index (Phi) is 6.65. The maximum Gasteiger partial charge on any atom is 0.309 e. The first kappa shape index (κ1) is 15.4. The molecule has 96 valence electrons. The van der Waals surface area contributed by atoms with Gasteiger partial charge in [0.15, 0.2) is 0 Å². The zero-order valence-electron chi connectivity index (χ0n) is 11.4. The van der Waals surface area contributed by atoms with Crippen molar-refractivity contribution in [3.63, 3.8) is 0 Å². The maximum atomic E-state index is 10.9. The lowest BCUT2D eigenvalue weighted by molar-refractivity contribution is -0.147. The van der Waals surface area contributed by atoms with Gasteiger partial charge in [-0.2, -0.15) is 0 Å². The smallest absolute Gasteiger partial charge is 0.309 e. The van der Waals surface area contributed by atoms with Crippen LogP contribution in [-0.4, -0.2) is 36.1 Å². The molecule has 1 N–H and O–H groups in total. The molecule has 0 aromatic carbocycles. The molecule has 3 nitrogen and oxygen atoms in total. The third kappa shape index (κ3) is 6.83. The third-order valence-corrected chi connectivity index (χ3v) is 3.02. The van der Waals surface area contributed by atoms with Gasteiger partial charge in [-0.1, -0.05) is 13.8 Å². The van der Waals surface area contributed by atoms with Crippen molar-refractivity contribution in [1.82, 2.24) is 4.90 Å². The minimum atomic E-state index is -0.705. The molecule has 0 aromatic heterocycles. The van der Waals surface area contributed by atoms with Gasteiger partial charge >= 0.3 is 5.97 Å². The summed E-state index contributed by atoms with van der Waals surface area (Å²) in [5, 5.41) is 8.98. The quantitative estimate of drug-likeness (QED) is 0.695. The van der Waals surface area contributed by atoms with E-state index in [9.17, 15) is 4.79 Å². The number of hydrogen-bond acceptors (Lipinski definition) is 2. The fourth-order valence-corrected chi connectivity index (χ4v) is 1.46. The molecular weight excluding hydrogens is 202 g/mol. The molecule has 0 amide bonds. The van der Waals surface area contributed by atoms with Gasteiger partial charge in [-0.25, -0.2) is 0 Å². The van der Waals surface area contributed by atoms with Gasteiger partial charge in [0.1, 0.15) is 0 Å². The highest BCUT2D eigenvalue weighted by atomic mass is 16.4. The molecule has 0 aliphatic rings. The number of carbonyl (C=O) groups is 1. The van der Waals surface area contributed by atoms with Gasteiger partial charge in [0, 0.05) is 0 Å². The Morgan fingerprint density at radius 1 is 1.31 bits per heavy atom. The van der Waals surface area contributed by atoms with Gasteiger partial charge in [0.25, 0.3) is 0 Å². The summed E-state index contributed by atoms with van der Waals surface area (Å²) in [7, 11) is 2.07. The molecule has 0 saturated carbocycles. The Bertz CT molecular complexity index is 212. The number of nitrogens with zero attached hydrogens (tertiary/aromatic N) is 1. The van der Waals surface area contributed by atoms with Crippen LogP contribution in [0.25, 0.3) is 0 Å². The molecule has 0 aliphatic carbocycles. The van der Waals surface area contributed by atoms with E-state index < -0.39 is 11.4 Å². The van der Waals surface area contributed by atoms with Gasteiger partial charge in [-0.05, 0) is 59.2 Å². The minimum Gasteiger partial charge on any atom is -0.481 e. The van der Waals surface area contributed by atoms with E-state index in [1.165, 1.54) is 12.8 Å². The molecule has 0 rings (SSSR count). The summed E-state index contributed by atoms with van der Waals surface area (Å²) in [6.45, 7) is 9.96. The Balaban J connectivity index is 3.73. The standard InChI is InChI=1S/C13H27NO2/c1-11(2)7-6-9-14(5)10-8-13(3,4)12(15)16/h11H,6-10H2,1-5H3,(H,15,16). The second-order valence-electron chi connectivity index (χ2n) is 5.78. The van der Waals surface area contributed by atoms with Crippen LogP contribution in [0.5, 0.6) is 0 Å². The first-order valence-electron chi connectivity index (χ1n) is 6.17. The average Bonchev–Trinajstić information content (AvgIpc) is 2.14. The normalized spacial score (nSPS) is 12.4. The van der Waals surface area contributed by atoms with E-state index in [4.69, 9.17) is 5.11 Å². The Morgan fingerprint density at radius 2 is 1.88 bits per heavy atom. The zero-order valence-corrected chi connectivity index (χ0v) is 11.4. The van der Waals surface area contributed by atoms with E-state index in [1.54, 1.807) is 13.8 Å². The predicted molar refractivity (Wildman–Crippen MR) is 67.6 cm³/mol. The first-order chi connectivity index (χ1) is 7.25. The summed E-state index contributed by atoms with van der Waals surface area (Å²) in [4.78, 5) is 13.1. The highest BCUT2D eigenvalue weighted by Gasteiger charge is 2.26. The highest BCUT2D eigenvalue weighted by molar-refractivity contribution is 5.73. The second kappa shape index (κ2) is 6.89. The molecule has 0 radical (unpaired) electrons. The van der Waals surface area contributed by atoms with Crippen molar-refractivity contribution < 1.29 is 9.90 Å². The SMILES string of the molecule is CC(C)CCCN(C)CCC(C)(C)C(=O)O. The third-order valence-electron chi connectivity index (χ3n) is 3.02. The molecule has 0 atom stereocenters. The lowest BCUT2D eigenvalue weighted by Gasteiger charge is -2.23. The van der Waals surface area contributed by atoms with E-state index in [-0.39, 0.29) is 0 Å². The van der Waals surface area contributed by atoms with E-state index in [0.29, 0.717) is 6.42 Å². The van der Waals surface area contributed by atoms with Crippen LogP contribution < -0.4 is 0 Å². The van der Waals surface area contributed by atoms with Crippen LogP contribution >= 0.6 is 0 Å². The second-order valence-corrected chi connectivity index (χ2v) is 5.78. The molecule has 0 bridgehead atoms. The van der Waals surface area contributed by atoms with Crippen LogP contribution in [0, 0.1) is 11.3 Å². The number of carboxylic acids is 1. The predicted octanol–water partition coefficient (Wildman–Crippen LogP) is 2.86. The molecule has 16 heavy (non-hydrogen) atoms. The molecule has 0 fully saturated rings. The topological polar surface area (TPSA) is 40.5 Å². The largest absolute Gasteiger partial charge is 0.481 e. The summed E-state index contributed by atoms with van der Waals surface area (Å²) in [6.07, 6.45) is 3.15. The summed E-state index contributed by atoms with van der Waals surface area (Å²) in [6, 6.07) is 0. The van der Waals surface area contributed by atoms with Crippen molar-refractivity contribution in [3.8, 4) is 0 Å². The van der Waals surface area contributed by atoms with Crippen LogP contribution in [0.4, 0.5) is 0 Å². The van der Waals surface area contributed by atoms with Crippen molar-refractivity contribution in [3.05, 3.63) is 0 Å². The Labute approximate surface area is 99.8 Å². The molecule has 0 unspecified atom stereocenters. The fraction of sp³-hybridized carbons (Fsp3) is 0.923. The molecule has 3 heteroatoms. The van der Waals surface area contributed by atoms with E-state index >= 15 is 0 Å². The first-order valence-corrected chi connectivity index (χ1v) is 6.17.